The average molecular weight is 1000 g/mol. The molecular formula is C53H57ClF2N12O4. The van der Waals surface area contributed by atoms with Gasteiger partial charge in [-0.2, -0.15) is 15.5 Å². The Labute approximate surface area is 421 Å². The van der Waals surface area contributed by atoms with Crippen LogP contribution in [0.1, 0.15) is 116 Å². The molecule has 0 atom stereocenters. The Morgan fingerprint density at radius 3 is 2.39 bits per heavy atom. The lowest BCUT2D eigenvalue weighted by Crippen LogP contribution is -2.68. The van der Waals surface area contributed by atoms with Crippen molar-refractivity contribution in [2.75, 3.05) is 49.1 Å². The predicted molar refractivity (Wildman–Crippen MR) is 263 cm³/mol. The highest BCUT2D eigenvalue weighted by Crippen LogP contribution is 2.58. The zero-order chi connectivity index (χ0) is 49.6. The van der Waals surface area contributed by atoms with E-state index in [9.17, 15) is 23.2 Å². The molecule has 0 bridgehead atoms. The van der Waals surface area contributed by atoms with E-state index >= 15 is 0 Å². The summed E-state index contributed by atoms with van der Waals surface area (Å²) in [6, 6.07) is 14.4. The van der Waals surface area contributed by atoms with Gasteiger partial charge in [0.1, 0.15) is 11.8 Å². The average Bonchev–Trinajstić information content (AvgIpc) is 3.93. The number of nitriles is 1. The fourth-order valence-corrected chi connectivity index (χ4v) is 13.2. The number of benzene rings is 2. The van der Waals surface area contributed by atoms with E-state index in [1.165, 1.54) is 0 Å². The van der Waals surface area contributed by atoms with E-state index in [0.29, 0.717) is 53.5 Å². The van der Waals surface area contributed by atoms with Crippen LogP contribution in [-0.2, 0) is 36.0 Å². The zero-order valence-corrected chi connectivity index (χ0v) is 41.3. The van der Waals surface area contributed by atoms with Crippen molar-refractivity contribution in [3.63, 3.8) is 0 Å². The summed E-state index contributed by atoms with van der Waals surface area (Å²) >= 11 is 6.17. The first kappa shape index (κ1) is 46.5. The molecule has 7 aliphatic rings. The van der Waals surface area contributed by atoms with Gasteiger partial charge in [-0.3, -0.25) is 23.7 Å². The van der Waals surface area contributed by atoms with Gasteiger partial charge in [-0.15, -0.1) is 10.2 Å². The minimum Gasteiger partial charge on any atom is -0.490 e. The topological polar surface area (TPSA) is 171 Å². The molecule has 7 heterocycles. The second-order valence-corrected chi connectivity index (χ2v) is 22.1. The van der Waals surface area contributed by atoms with Crippen LogP contribution in [0.3, 0.4) is 0 Å². The van der Waals surface area contributed by atoms with E-state index in [4.69, 9.17) is 26.7 Å². The molecule has 19 heteroatoms. The maximum atomic E-state index is 14.8. The van der Waals surface area contributed by atoms with Crippen molar-refractivity contribution in [3.05, 3.63) is 93.5 Å². The van der Waals surface area contributed by atoms with Crippen LogP contribution < -0.4 is 19.9 Å². The number of halogens is 3. The number of likely N-dealkylation sites (tertiary alicyclic amines) is 1. The Morgan fingerprint density at radius 2 is 1.71 bits per heavy atom. The van der Waals surface area contributed by atoms with Gasteiger partial charge >= 0.3 is 0 Å². The van der Waals surface area contributed by atoms with Crippen molar-refractivity contribution in [3.8, 4) is 22.9 Å². The van der Waals surface area contributed by atoms with Crippen LogP contribution in [0.2, 0.25) is 5.02 Å². The molecule has 3 aromatic heterocycles. The molecule has 5 fully saturated rings. The minimum absolute atomic E-state index is 0.00291. The van der Waals surface area contributed by atoms with Crippen molar-refractivity contribution in [2.45, 2.75) is 109 Å². The molecule has 0 radical (unpaired) electrons. The number of hydrogen-bond donors (Lipinski definition) is 1. The molecule has 72 heavy (non-hydrogen) atoms. The van der Waals surface area contributed by atoms with Gasteiger partial charge in [0.2, 0.25) is 11.8 Å². The molecule has 2 spiro atoms. The number of alkyl halides is 2. The molecule has 0 unspecified atom stereocenters. The lowest BCUT2D eigenvalue weighted by Gasteiger charge is -2.62. The van der Waals surface area contributed by atoms with Gasteiger partial charge in [-0.05, 0) is 112 Å². The Bertz CT molecular complexity index is 3010. The van der Waals surface area contributed by atoms with Gasteiger partial charge in [-0.1, -0.05) is 11.6 Å². The molecule has 3 aliphatic carbocycles. The van der Waals surface area contributed by atoms with Crippen LogP contribution in [-0.4, -0.2) is 109 Å². The van der Waals surface area contributed by atoms with Crippen LogP contribution in [0.5, 0.6) is 5.75 Å². The number of hydrogen-bond acceptors (Lipinski definition) is 11. The van der Waals surface area contributed by atoms with Crippen LogP contribution >= 0.6 is 11.6 Å². The van der Waals surface area contributed by atoms with Crippen molar-refractivity contribution < 1.29 is 27.9 Å². The van der Waals surface area contributed by atoms with E-state index in [1.54, 1.807) is 61.4 Å². The summed E-state index contributed by atoms with van der Waals surface area (Å²) in [5.41, 5.74) is 5.85. The molecule has 2 aromatic carbocycles. The number of nitrogens with zero attached hydrogens (tertiary/aromatic N) is 11. The number of amides is 3. The number of nitrogens with one attached hydrogen (secondary N) is 1. The van der Waals surface area contributed by atoms with Crippen molar-refractivity contribution in [1.29, 1.82) is 5.26 Å². The summed E-state index contributed by atoms with van der Waals surface area (Å²) in [6.07, 6.45) is 9.67. The van der Waals surface area contributed by atoms with E-state index < -0.39 is 6.43 Å². The van der Waals surface area contributed by atoms with Gasteiger partial charge in [-0.25, -0.2) is 8.78 Å². The Balaban J connectivity index is 0.626. The standard InChI is InChI=1S/C53H57ClF2N12O4/c1-31(69)64-15-13-45-42(26-64)49(67-14-3-4-32-16-40(35-24-58-63(2)25-35)41(48(55)56)18-46(32)67)62-68(45)37-21-53(22-37)29-66(30-53)51(71)34-19-52(20-34)27-65(28-52)47-12-11-44(60-61-47)50(70)59-36-6-9-38(10-7-36)72-39-8-5-33(23-57)43(54)17-39/h5,8,11-12,16-18,24-25,34,36-38,48H,3-4,6-7,9-10,13-15,19-22,26-30H2,1-2H3,(H,59,70). The SMILES string of the molecule is CC(=O)N1CCc2c(c(N3CCCc4cc(-c5cnn(C)c5)c(C(F)F)cc43)nn2C2CC3(C2)CN(C(=O)C2CC4(C2)CN(c2ccc(C(=O)NC5CCC(Oc6ccc(C#N)c(Cl)c6)CC5)nn2)C4)C3)C1. The molecule has 3 amide bonds. The van der Waals surface area contributed by atoms with Gasteiger partial charge < -0.3 is 29.7 Å². The van der Waals surface area contributed by atoms with Gasteiger partial charge in [0.15, 0.2) is 17.3 Å². The highest BCUT2D eigenvalue weighted by molar-refractivity contribution is 6.31. The van der Waals surface area contributed by atoms with E-state index in [1.807, 2.05) is 21.9 Å². The fraction of sp³-hybridized carbons (Fsp3) is 0.509. The number of rotatable bonds is 10. The molecule has 1 N–H and O–H groups in total. The molecule has 12 rings (SSSR count). The van der Waals surface area contributed by atoms with Crippen LogP contribution in [0.15, 0.2) is 54.9 Å². The summed E-state index contributed by atoms with van der Waals surface area (Å²) in [4.78, 5) is 47.7. The van der Waals surface area contributed by atoms with Crippen molar-refractivity contribution in [2.24, 2.45) is 23.8 Å². The second kappa shape index (κ2) is 17.9. The molecule has 4 aliphatic heterocycles. The number of carbonyl (C=O) groups excluding carboxylic acids is 3. The molecular weight excluding hydrogens is 942 g/mol. The maximum Gasteiger partial charge on any atom is 0.272 e. The first-order chi connectivity index (χ1) is 34.7. The monoisotopic (exact) mass is 998 g/mol. The second-order valence-electron chi connectivity index (χ2n) is 21.7. The van der Waals surface area contributed by atoms with Crippen molar-refractivity contribution >= 4 is 46.6 Å². The maximum absolute atomic E-state index is 14.8. The molecule has 5 aromatic rings. The number of aromatic nitrogens is 6. The Morgan fingerprint density at radius 1 is 0.931 bits per heavy atom. The van der Waals surface area contributed by atoms with Crippen LogP contribution in [0, 0.1) is 28.1 Å². The molecule has 374 valence electrons. The number of aryl methyl sites for hydroxylation is 2. The summed E-state index contributed by atoms with van der Waals surface area (Å²) in [5.74, 6) is 2.15. The summed E-state index contributed by atoms with van der Waals surface area (Å²) in [7, 11) is 1.78. The van der Waals surface area contributed by atoms with Gasteiger partial charge in [0.05, 0.1) is 35.5 Å². The van der Waals surface area contributed by atoms with Crippen molar-refractivity contribution in [1.82, 2.24) is 44.9 Å². The predicted octanol–water partition coefficient (Wildman–Crippen LogP) is 7.73. The molecule has 16 nitrogen and oxygen atoms in total. The number of ether oxygens (including phenoxy) is 1. The Kier molecular flexibility index (Phi) is 11.5. The summed E-state index contributed by atoms with van der Waals surface area (Å²) < 4.78 is 39.4. The number of anilines is 3. The summed E-state index contributed by atoms with van der Waals surface area (Å²) in [5, 5.41) is 30.8. The summed E-state index contributed by atoms with van der Waals surface area (Å²) in [6.45, 7) is 6.39. The largest absolute Gasteiger partial charge is 0.490 e. The van der Waals surface area contributed by atoms with E-state index in [0.717, 1.165) is 125 Å². The number of fused-ring (bicyclic) bond motifs is 2. The lowest BCUT2D eigenvalue weighted by molar-refractivity contribution is -0.167. The third kappa shape index (κ3) is 8.30. The van der Waals surface area contributed by atoms with Crippen LogP contribution in [0.25, 0.3) is 11.1 Å². The lowest BCUT2D eigenvalue weighted by atomic mass is 9.56. The highest BCUT2D eigenvalue weighted by atomic mass is 35.5. The first-order valence-corrected chi connectivity index (χ1v) is 25.7. The van der Waals surface area contributed by atoms with E-state index in [2.05, 4.69) is 41.2 Å². The van der Waals surface area contributed by atoms with Gasteiger partial charge in [0, 0.05) is 123 Å². The quantitative estimate of drug-likeness (QED) is 0.145. The smallest absolute Gasteiger partial charge is 0.272 e. The number of carbonyl (C=O) groups is 3. The normalized spacial score (nSPS) is 22.8. The fourth-order valence-electron chi connectivity index (χ4n) is 13.0. The molecule has 3 saturated carbocycles. The minimum atomic E-state index is -2.67. The third-order valence-corrected chi connectivity index (χ3v) is 17.1. The van der Waals surface area contributed by atoms with Crippen LogP contribution in [0.4, 0.5) is 26.1 Å². The first-order valence-electron chi connectivity index (χ1n) is 25.4. The zero-order valence-electron chi connectivity index (χ0n) is 40.5. The highest BCUT2D eigenvalue weighted by Gasteiger charge is 2.60. The Hall–Kier alpha value is -6.61. The van der Waals surface area contributed by atoms with Gasteiger partial charge in [0.25, 0.3) is 12.3 Å². The third-order valence-electron chi connectivity index (χ3n) is 16.8. The van der Waals surface area contributed by atoms with E-state index in [-0.39, 0.29) is 63.9 Å². The molecule has 2 saturated heterocycles.